The first-order valence-corrected chi connectivity index (χ1v) is 4.62. The molecule has 0 saturated heterocycles. The highest BCUT2D eigenvalue weighted by molar-refractivity contribution is 6.35. The van der Waals surface area contributed by atoms with Crippen LogP contribution in [0.2, 0.25) is 0 Å². The Morgan fingerprint density at radius 3 is 2.38 bits per heavy atom. The Balaban J connectivity index is 3.55. The number of alkyl halides is 3. The molecule has 0 atom stereocenters. The van der Waals surface area contributed by atoms with Gasteiger partial charge in [0, 0.05) is 5.56 Å². The normalized spacial score (nSPS) is 11.2. The van der Waals surface area contributed by atoms with Gasteiger partial charge in [0.05, 0.1) is 5.56 Å². The Hall–Kier alpha value is -1.52. The summed E-state index contributed by atoms with van der Waals surface area (Å²) in [6.45, 7) is 4.59. The van der Waals surface area contributed by atoms with Crippen molar-refractivity contribution < 1.29 is 18.0 Å². The Kier molecular flexibility index (Phi) is 3.26. The molecule has 0 saturated carbocycles. The van der Waals surface area contributed by atoms with Crippen LogP contribution in [0.1, 0.15) is 28.4 Å². The van der Waals surface area contributed by atoms with E-state index in [1.807, 2.05) is 0 Å². The second kappa shape index (κ2) is 4.16. The van der Waals surface area contributed by atoms with Crippen molar-refractivity contribution in [2.75, 3.05) is 0 Å². The average Bonchev–Trinajstić information content (AvgIpc) is 2.14. The number of carbonyl (C=O) groups excluding carboxylic acids is 1. The Bertz CT molecular complexity index is 449. The minimum absolute atomic E-state index is 0.0255. The maximum atomic E-state index is 12.7. The standard InChI is InChI=1S/C11H10BF3O/c1-3-8-9(11(13,14)15)4-7(6(2)16)5-10(8)12/h3-5H,1,12H2,2H3. The maximum Gasteiger partial charge on any atom is 0.416 e. The molecular formula is C11H10BF3O. The fraction of sp³-hybridized carbons (Fsp3) is 0.182. The molecule has 0 spiro atoms. The van der Waals surface area contributed by atoms with Gasteiger partial charge in [-0.2, -0.15) is 13.2 Å². The summed E-state index contributed by atoms with van der Waals surface area (Å²) < 4.78 is 38.1. The molecule has 1 nitrogen and oxygen atoms in total. The average molecular weight is 226 g/mol. The molecule has 0 unspecified atom stereocenters. The second-order valence-electron chi connectivity index (χ2n) is 3.51. The molecule has 1 rings (SSSR count). The van der Waals surface area contributed by atoms with Crippen molar-refractivity contribution in [3.05, 3.63) is 35.4 Å². The van der Waals surface area contributed by atoms with E-state index in [9.17, 15) is 18.0 Å². The van der Waals surface area contributed by atoms with Gasteiger partial charge in [-0.1, -0.05) is 24.2 Å². The molecule has 0 heterocycles. The number of rotatable bonds is 2. The fourth-order valence-corrected chi connectivity index (χ4v) is 1.51. The Morgan fingerprint density at radius 2 is 2.00 bits per heavy atom. The van der Waals surface area contributed by atoms with Gasteiger partial charge in [0.25, 0.3) is 0 Å². The van der Waals surface area contributed by atoms with E-state index in [0.29, 0.717) is 5.46 Å². The first-order chi connectivity index (χ1) is 7.27. The Morgan fingerprint density at radius 1 is 1.44 bits per heavy atom. The van der Waals surface area contributed by atoms with Crippen LogP contribution in [0.4, 0.5) is 13.2 Å². The molecule has 1 aromatic carbocycles. The summed E-state index contributed by atoms with van der Waals surface area (Å²) in [5.74, 6) is -0.385. The van der Waals surface area contributed by atoms with Crippen molar-refractivity contribution in [1.29, 1.82) is 0 Å². The lowest BCUT2D eigenvalue weighted by molar-refractivity contribution is -0.137. The summed E-state index contributed by atoms with van der Waals surface area (Å²) in [4.78, 5) is 11.1. The molecule has 5 heteroatoms. The van der Waals surface area contributed by atoms with E-state index in [-0.39, 0.29) is 16.9 Å². The van der Waals surface area contributed by atoms with Crippen LogP contribution in [0.15, 0.2) is 18.7 Å². The molecule has 0 aromatic heterocycles. The SMILES string of the molecule is Bc1cc(C(C)=O)cc(C(F)(F)F)c1C=C. The third kappa shape index (κ3) is 2.35. The highest BCUT2D eigenvalue weighted by atomic mass is 19.4. The van der Waals surface area contributed by atoms with Crippen LogP contribution in [-0.2, 0) is 6.18 Å². The number of ketones is 1. The zero-order chi connectivity index (χ0) is 12.5. The van der Waals surface area contributed by atoms with Crippen LogP contribution in [-0.4, -0.2) is 13.6 Å². The molecule has 0 radical (unpaired) electrons. The number of carbonyl (C=O) groups is 1. The van der Waals surface area contributed by atoms with Gasteiger partial charge in [-0.05, 0) is 18.6 Å². The van der Waals surface area contributed by atoms with Crippen molar-refractivity contribution in [2.45, 2.75) is 13.1 Å². The lowest BCUT2D eigenvalue weighted by atomic mass is 9.85. The highest BCUT2D eigenvalue weighted by Crippen LogP contribution is 2.32. The smallest absolute Gasteiger partial charge is 0.295 e. The number of Topliss-reactive ketones (excluding diaryl/α,β-unsaturated/α-hetero) is 1. The lowest BCUT2D eigenvalue weighted by Crippen LogP contribution is -2.18. The third-order valence-corrected chi connectivity index (χ3v) is 2.30. The topological polar surface area (TPSA) is 17.1 Å². The van der Waals surface area contributed by atoms with Gasteiger partial charge in [0.15, 0.2) is 5.78 Å². The van der Waals surface area contributed by atoms with Crippen molar-refractivity contribution >= 4 is 25.2 Å². The predicted octanol–water partition coefficient (Wildman–Crippen LogP) is 1.81. The van der Waals surface area contributed by atoms with Crippen LogP contribution < -0.4 is 5.46 Å². The first-order valence-electron chi connectivity index (χ1n) is 4.62. The van der Waals surface area contributed by atoms with Gasteiger partial charge in [-0.15, -0.1) is 0 Å². The lowest BCUT2D eigenvalue weighted by Gasteiger charge is -2.14. The summed E-state index contributed by atoms with van der Waals surface area (Å²) in [6.07, 6.45) is -3.32. The number of benzene rings is 1. The summed E-state index contributed by atoms with van der Waals surface area (Å²) >= 11 is 0. The van der Waals surface area contributed by atoms with Gasteiger partial charge < -0.3 is 0 Å². The van der Waals surface area contributed by atoms with Gasteiger partial charge in [0.1, 0.15) is 7.85 Å². The molecule has 0 aliphatic heterocycles. The zero-order valence-electron chi connectivity index (χ0n) is 8.98. The monoisotopic (exact) mass is 226 g/mol. The van der Waals surface area contributed by atoms with Crippen molar-refractivity contribution in [1.82, 2.24) is 0 Å². The molecule has 0 bridgehead atoms. The van der Waals surface area contributed by atoms with Gasteiger partial charge in [-0.25, -0.2) is 0 Å². The molecule has 0 amide bonds. The molecule has 0 fully saturated rings. The molecule has 16 heavy (non-hydrogen) atoms. The minimum Gasteiger partial charge on any atom is -0.295 e. The van der Waals surface area contributed by atoms with Gasteiger partial charge in [-0.3, -0.25) is 4.79 Å². The largest absolute Gasteiger partial charge is 0.416 e. The summed E-state index contributed by atoms with van der Waals surface area (Å²) in [7, 11) is 1.53. The van der Waals surface area contributed by atoms with Gasteiger partial charge >= 0.3 is 6.18 Å². The molecule has 1 aromatic rings. The molecule has 0 aliphatic rings. The molecular weight excluding hydrogens is 216 g/mol. The summed E-state index contributed by atoms with van der Waals surface area (Å²) in [5.41, 5.74) is -0.323. The van der Waals surface area contributed by atoms with E-state index in [1.54, 1.807) is 0 Å². The van der Waals surface area contributed by atoms with E-state index in [0.717, 1.165) is 12.1 Å². The van der Waals surface area contributed by atoms with Gasteiger partial charge in [0.2, 0.25) is 0 Å². The summed E-state index contributed by atoms with van der Waals surface area (Å²) in [5, 5.41) is 0. The quantitative estimate of drug-likeness (QED) is 0.555. The molecule has 84 valence electrons. The van der Waals surface area contributed by atoms with Crippen LogP contribution in [0.25, 0.3) is 6.08 Å². The van der Waals surface area contributed by atoms with E-state index in [4.69, 9.17) is 0 Å². The maximum absolute atomic E-state index is 12.7. The number of halogens is 3. The van der Waals surface area contributed by atoms with E-state index < -0.39 is 11.7 Å². The third-order valence-electron chi connectivity index (χ3n) is 2.30. The fourth-order valence-electron chi connectivity index (χ4n) is 1.51. The van der Waals surface area contributed by atoms with E-state index >= 15 is 0 Å². The van der Waals surface area contributed by atoms with Crippen molar-refractivity contribution in [3.63, 3.8) is 0 Å². The van der Waals surface area contributed by atoms with Crippen molar-refractivity contribution in [2.24, 2.45) is 0 Å². The zero-order valence-corrected chi connectivity index (χ0v) is 8.98. The van der Waals surface area contributed by atoms with Crippen LogP contribution >= 0.6 is 0 Å². The van der Waals surface area contributed by atoms with Crippen LogP contribution in [0.3, 0.4) is 0 Å². The van der Waals surface area contributed by atoms with Crippen molar-refractivity contribution in [3.8, 4) is 0 Å². The van der Waals surface area contributed by atoms with E-state index in [2.05, 4.69) is 6.58 Å². The van der Waals surface area contributed by atoms with Crippen LogP contribution in [0.5, 0.6) is 0 Å². The minimum atomic E-state index is -4.47. The summed E-state index contributed by atoms with van der Waals surface area (Å²) in [6, 6.07) is 2.31. The molecule has 0 aliphatic carbocycles. The number of hydrogen-bond donors (Lipinski definition) is 0. The number of hydrogen-bond acceptors (Lipinski definition) is 1. The highest BCUT2D eigenvalue weighted by Gasteiger charge is 2.33. The van der Waals surface area contributed by atoms with Crippen LogP contribution in [0, 0.1) is 0 Å². The predicted molar refractivity (Wildman–Crippen MR) is 59.7 cm³/mol. The second-order valence-corrected chi connectivity index (χ2v) is 3.51. The molecule has 0 N–H and O–H groups in total. The van der Waals surface area contributed by atoms with E-state index in [1.165, 1.54) is 20.8 Å². The Labute approximate surface area is 92.4 Å². The first kappa shape index (κ1) is 12.6.